The van der Waals surface area contributed by atoms with E-state index in [0.717, 1.165) is 48.5 Å². The summed E-state index contributed by atoms with van der Waals surface area (Å²) < 4.78 is 28.5. The number of halogens is 2. The van der Waals surface area contributed by atoms with Gasteiger partial charge >= 0.3 is 0 Å². The predicted molar refractivity (Wildman–Crippen MR) is 139 cm³/mol. The summed E-state index contributed by atoms with van der Waals surface area (Å²) in [6.45, 7) is 4.35. The maximum atomic E-state index is 14.3. The molecule has 0 N–H and O–H groups in total. The largest absolute Gasteiger partial charge is 0.207 e. The van der Waals surface area contributed by atoms with Crippen LogP contribution in [0.1, 0.15) is 107 Å². The van der Waals surface area contributed by atoms with Crippen LogP contribution in [-0.2, 0) is 12.8 Å². The first-order valence-electron chi connectivity index (χ1n) is 14.0. The Hall–Kier alpha value is -1.70. The smallest absolute Gasteiger partial charge is 0.129 e. The van der Waals surface area contributed by atoms with E-state index in [2.05, 4.69) is 37.3 Å². The third-order valence-corrected chi connectivity index (χ3v) is 9.05. The van der Waals surface area contributed by atoms with Crippen molar-refractivity contribution in [2.45, 2.75) is 103 Å². The Balaban J connectivity index is 1.17. The average molecular weight is 467 g/mol. The van der Waals surface area contributed by atoms with Crippen molar-refractivity contribution in [3.63, 3.8) is 0 Å². The van der Waals surface area contributed by atoms with Gasteiger partial charge in [-0.3, -0.25) is 0 Å². The van der Waals surface area contributed by atoms with Gasteiger partial charge in [0.25, 0.3) is 0 Å². The Morgan fingerprint density at radius 3 is 1.88 bits per heavy atom. The second-order valence-electron chi connectivity index (χ2n) is 11.4. The third-order valence-electron chi connectivity index (χ3n) is 9.05. The van der Waals surface area contributed by atoms with Gasteiger partial charge in [0, 0.05) is 5.56 Å². The van der Waals surface area contributed by atoms with Crippen molar-refractivity contribution in [1.82, 2.24) is 0 Å². The Kier molecular flexibility index (Phi) is 9.20. The summed E-state index contributed by atoms with van der Waals surface area (Å²) >= 11 is 0. The van der Waals surface area contributed by atoms with Crippen LogP contribution in [0.3, 0.4) is 0 Å². The summed E-state index contributed by atoms with van der Waals surface area (Å²) in [5.74, 6) is 3.42. The highest BCUT2D eigenvalue weighted by molar-refractivity contribution is 5.26. The van der Waals surface area contributed by atoms with E-state index in [1.165, 1.54) is 63.4 Å². The molecule has 2 aromatic carbocycles. The van der Waals surface area contributed by atoms with Crippen molar-refractivity contribution in [3.05, 3.63) is 70.8 Å². The number of hydrogen-bond donors (Lipinski definition) is 0. The molecule has 0 nitrogen and oxygen atoms in total. The summed E-state index contributed by atoms with van der Waals surface area (Å²) in [4.78, 5) is 0. The van der Waals surface area contributed by atoms with Gasteiger partial charge in [-0.2, -0.15) is 0 Å². The van der Waals surface area contributed by atoms with Crippen LogP contribution < -0.4 is 0 Å². The molecule has 2 aliphatic carbocycles. The molecule has 34 heavy (non-hydrogen) atoms. The van der Waals surface area contributed by atoms with Crippen LogP contribution in [0.25, 0.3) is 0 Å². The van der Waals surface area contributed by atoms with E-state index in [4.69, 9.17) is 0 Å². The molecule has 2 saturated carbocycles. The van der Waals surface area contributed by atoms with E-state index in [9.17, 15) is 8.78 Å². The van der Waals surface area contributed by atoms with E-state index in [-0.39, 0.29) is 17.2 Å². The maximum Gasteiger partial charge on any atom is 0.129 e. The molecule has 0 amide bonds. The van der Waals surface area contributed by atoms with Gasteiger partial charge < -0.3 is 0 Å². The predicted octanol–water partition coefficient (Wildman–Crippen LogP) is 9.66. The van der Waals surface area contributed by atoms with Crippen molar-refractivity contribution in [3.8, 4) is 0 Å². The molecule has 4 rings (SSSR count). The minimum absolute atomic E-state index is 0.260. The van der Waals surface area contributed by atoms with Crippen LogP contribution in [-0.4, -0.2) is 0 Å². The first-order valence-corrected chi connectivity index (χ1v) is 14.0. The fourth-order valence-corrected chi connectivity index (χ4v) is 6.92. The molecule has 0 heterocycles. The van der Waals surface area contributed by atoms with E-state index in [1.54, 1.807) is 12.1 Å². The van der Waals surface area contributed by atoms with E-state index < -0.39 is 0 Å². The summed E-state index contributed by atoms with van der Waals surface area (Å²) in [7, 11) is 0. The topological polar surface area (TPSA) is 0 Å². The molecular weight excluding hydrogens is 422 g/mol. The fourth-order valence-electron chi connectivity index (χ4n) is 6.92. The zero-order valence-electron chi connectivity index (χ0n) is 21.4. The fraction of sp³-hybridized carbons (Fsp3) is 0.625. The lowest BCUT2D eigenvalue weighted by Gasteiger charge is -2.38. The molecule has 1 atom stereocenters. The van der Waals surface area contributed by atoms with Crippen LogP contribution in [0, 0.1) is 35.3 Å². The van der Waals surface area contributed by atoms with E-state index in [0.29, 0.717) is 12.3 Å². The molecule has 186 valence electrons. The molecule has 2 heteroatoms. The molecule has 2 aliphatic rings. The minimum atomic E-state index is -0.352. The van der Waals surface area contributed by atoms with Gasteiger partial charge in [-0.05, 0) is 104 Å². The van der Waals surface area contributed by atoms with Gasteiger partial charge in [0.05, 0.1) is 0 Å². The average Bonchev–Trinajstić information content (AvgIpc) is 2.86. The summed E-state index contributed by atoms with van der Waals surface area (Å²) in [5.41, 5.74) is 2.58. The number of rotatable bonds is 9. The van der Waals surface area contributed by atoms with Gasteiger partial charge in [0.2, 0.25) is 0 Å². The highest BCUT2D eigenvalue weighted by atomic mass is 19.1. The van der Waals surface area contributed by atoms with Gasteiger partial charge in [-0.1, -0.05) is 76.3 Å². The lowest BCUT2D eigenvalue weighted by molar-refractivity contribution is 0.139. The van der Waals surface area contributed by atoms with Crippen LogP contribution in [0.2, 0.25) is 0 Å². The molecule has 0 aromatic heterocycles. The first kappa shape index (κ1) is 25.4. The molecule has 2 fully saturated rings. The van der Waals surface area contributed by atoms with Crippen molar-refractivity contribution in [2.24, 2.45) is 23.7 Å². The molecule has 0 saturated heterocycles. The maximum absolute atomic E-state index is 14.3. The zero-order chi connectivity index (χ0) is 23.9. The molecule has 0 radical (unpaired) electrons. The van der Waals surface area contributed by atoms with Gasteiger partial charge in [0.15, 0.2) is 0 Å². The van der Waals surface area contributed by atoms with Crippen LogP contribution in [0.4, 0.5) is 8.78 Å². The Bertz CT molecular complexity index is 850. The Labute approximate surface area is 206 Å². The second-order valence-corrected chi connectivity index (χ2v) is 11.4. The summed E-state index contributed by atoms with van der Waals surface area (Å²) in [6.07, 6.45) is 15.4. The zero-order valence-corrected chi connectivity index (χ0v) is 21.4. The monoisotopic (exact) mass is 466 g/mol. The minimum Gasteiger partial charge on any atom is -0.207 e. The van der Waals surface area contributed by atoms with E-state index >= 15 is 0 Å². The van der Waals surface area contributed by atoms with Gasteiger partial charge in [-0.15, -0.1) is 0 Å². The van der Waals surface area contributed by atoms with Gasteiger partial charge in [-0.25, -0.2) is 8.78 Å². The second kappa shape index (κ2) is 12.3. The lowest BCUT2D eigenvalue weighted by atomic mass is 9.67. The molecule has 0 unspecified atom stereocenters. The van der Waals surface area contributed by atoms with Crippen molar-refractivity contribution in [1.29, 1.82) is 0 Å². The Morgan fingerprint density at radius 2 is 1.32 bits per heavy atom. The molecular formula is C32H44F2. The summed E-state index contributed by atoms with van der Waals surface area (Å²) in [6, 6.07) is 14.2. The molecule has 0 aliphatic heterocycles. The van der Waals surface area contributed by atoms with Crippen LogP contribution >= 0.6 is 0 Å². The normalized spacial score (nSPS) is 26.4. The summed E-state index contributed by atoms with van der Waals surface area (Å²) in [5, 5.41) is 0. The Morgan fingerprint density at radius 1 is 0.765 bits per heavy atom. The van der Waals surface area contributed by atoms with E-state index in [1.807, 2.05) is 6.92 Å². The molecule has 0 bridgehead atoms. The van der Waals surface area contributed by atoms with Crippen molar-refractivity contribution >= 4 is 0 Å². The number of hydrogen-bond acceptors (Lipinski definition) is 0. The van der Waals surface area contributed by atoms with Crippen molar-refractivity contribution < 1.29 is 8.78 Å². The SMILES string of the molecule is CCCc1c(F)cc(CCC2CCC(C3CCC(C[C@H](C)c4ccccc4)CC3)CC2)cc1F. The first-order chi connectivity index (χ1) is 16.5. The number of aryl methyl sites for hydroxylation is 1. The molecule has 2 aromatic rings. The number of benzene rings is 2. The van der Waals surface area contributed by atoms with Crippen LogP contribution in [0.15, 0.2) is 42.5 Å². The highest BCUT2D eigenvalue weighted by Gasteiger charge is 2.31. The quantitative estimate of drug-likeness (QED) is 0.345. The highest BCUT2D eigenvalue weighted by Crippen LogP contribution is 2.44. The van der Waals surface area contributed by atoms with Crippen LogP contribution in [0.5, 0.6) is 0 Å². The lowest BCUT2D eigenvalue weighted by Crippen LogP contribution is -2.26. The standard InChI is InChI=1S/C32H44F2/c1-3-7-30-31(33)21-26(22-32(30)34)11-10-24-12-16-28(17-13-24)29-18-14-25(15-19-29)20-23(2)27-8-5-4-6-9-27/h4-6,8-9,21-25,28-29H,3,7,10-20H2,1-2H3/t23-,24?,25?,28?,29?/m0/s1. The van der Waals surface area contributed by atoms with Gasteiger partial charge in [0.1, 0.15) is 11.6 Å². The third kappa shape index (κ3) is 6.70. The molecule has 0 spiro atoms. The van der Waals surface area contributed by atoms with Crippen molar-refractivity contribution in [2.75, 3.05) is 0 Å².